The summed E-state index contributed by atoms with van der Waals surface area (Å²) in [5, 5.41) is 3.37. The normalized spacial score (nSPS) is 10.6. The summed E-state index contributed by atoms with van der Waals surface area (Å²) in [5.74, 6) is 0.977. The first-order valence-corrected chi connectivity index (χ1v) is 5.55. The fraction of sp³-hybridized carbons (Fsp3) is 0.286. The molecule has 1 aromatic heterocycles. The average Bonchev–Trinajstić information content (AvgIpc) is 2.74. The molecule has 1 N–H and O–H groups in total. The summed E-state index contributed by atoms with van der Waals surface area (Å²) in [7, 11) is 0. The summed E-state index contributed by atoms with van der Waals surface area (Å²) >= 11 is 0. The van der Waals surface area contributed by atoms with Gasteiger partial charge in [-0.1, -0.05) is 23.8 Å². The smallest absolute Gasteiger partial charge is 0.117 e. The van der Waals surface area contributed by atoms with E-state index in [4.69, 9.17) is 4.42 Å². The summed E-state index contributed by atoms with van der Waals surface area (Å²) in [6.07, 6.45) is 1.70. The van der Waals surface area contributed by atoms with Gasteiger partial charge in [-0.3, -0.25) is 0 Å². The van der Waals surface area contributed by atoms with E-state index in [1.54, 1.807) is 6.26 Å². The number of rotatable bonds is 4. The number of furan rings is 1. The van der Waals surface area contributed by atoms with Crippen molar-refractivity contribution in [2.24, 2.45) is 0 Å². The van der Waals surface area contributed by atoms with Gasteiger partial charge >= 0.3 is 0 Å². The molecule has 0 saturated heterocycles. The summed E-state index contributed by atoms with van der Waals surface area (Å²) in [6.45, 7) is 5.93. The second-order valence-corrected chi connectivity index (χ2v) is 4.11. The van der Waals surface area contributed by atoms with Crippen molar-refractivity contribution in [1.82, 2.24) is 5.32 Å². The van der Waals surface area contributed by atoms with Crippen LogP contribution >= 0.6 is 0 Å². The van der Waals surface area contributed by atoms with E-state index in [0.29, 0.717) is 0 Å². The van der Waals surface area contributed by atoms with Gasteiger partial charge in [0.05, 0.1) is 12.8 Å². The van der Waals surface area contributed by atoms with Crippen LogP contribution in [0.3, 0.4) is 0 Å². The fourth-order valence-corrected chi connectivity index (χ4v) is 1.78. The highest BCUT2D eigenvalue weighted by molar-refractivity contribution is 5.30. The molecule has 0 unspecified atom stereocenters. The Bertz CT molecular complexity index is 446. The Kier molecular flexibility index (Phi) is 3.42. The van der Waals surface area contributed by atoms with E-state index in [1.165, 1.54) is 16.7 Å². The van der Waals surface area contributed by atoms with Crippen molar-refractivity contribution < 1.29 is 4.42 Å². The first kappa shape index (κ1) is 11.0. The molecule has 0 saturated carbocycles. The molecule has 0 atom stereocenters. The molecule has 0 bridgehead atoms. The second-order valence-electron chi connectivity index (χ2n) is 4.11. The lowest BCUT2D eigenvalue weighted by atomic mass is 10.1. The molecule has 2 aromatic rings. The van der Waals surface area contributed by atoms with Gasteiger partial charge in [0.2, 0.25) is 0 Å². The highest BCUT2D eigenvalue weighted by Gasteiger charge is 1.99. The largest absolute Gasteiger partial charge is 0.468 e. The first-order valence-electron chi connectivity index (χ1n) is 5.55. The van der Waals surface area contributed by atoms with Gasteiger partial charge in [0.1, 0.15) is 5.76 Å². The minimum atomic E-state index is 0.778. The third-order valence-electron chi connectivity index (χ3n) is 2.69. The Balaban J connectivity index is 1.90. The molecule has 1 heterocycles. The van der Waals surface area contributed by atoms with E-state index in [2.05, 4.69) is 37.4 Å². The van der Waals surface area contributed by atoms with E-state index >= 15 is 0 Å². The zero-order valence-corrected chi connectivity index (χ0v) is 9.79. The predicted octanol–water partition coefficient (Wildman–Crippen LogP) is 3.19. The van der Waals surface area contributed by atoms with Crippen molar-refractivity contribution in [2.45, 2.75) is 26.9 Å². The lowest BCUT2D eigenvalue weighted by molar-refractivity contribution is 0.483. The van der Waals surface area contributed by atoms with E-state index in [0.717, 1.165) is 18.8 Å². The summed E-state index contributed by atoms with van der Waals surface area (Å²) in [4.78, 5) is 0. The predicted molar refractivity (Wildman–Crippen MR) is 65.2 cm³/mol. The third kappa shape index (κ3) is 2.74. The molecule has 1 aromatic carbocycles. The van der Waals surface area contributed by atoms with Gasteiger partial charge < -0.3 is 9.73 Å². The SMILES string of the molecule is Cc1ccc(CNCc2ccco2)c(C)c1. The molecular formula is C14H17NO. The van der Waals surface area contributed by atoms with E-state index in [9.17, 15) is 0 Å². The molecule has 16 heavy (non-hydrogen) atoms. The van der Waals surface area contributed by atoms with Gasteiger partial charge in [0.15, 0.2) is 0 Å². The Morgan fingerprint density at radius 1 is 1.12 bits per heavy atom. The maximum absolute atomic E-state index is 5.26. The molecule has 84 valence electrons. The molecule has 2 nitrogen and oxygen atoms in total. The van der Waals surface area contributed by atoms with Crippen LogP contribution in [-0.4, -0.2) is 0 Å². The Hall–Kier alpha value is -1.54. The molecule has 2 rings (SSSR count). The van der Waals surface area contributed by atoms with Gasteiger partial charge in [-0.25, -0.2) is 0 Å². The van der Waals surface area contributed by atoms with Crippen LogP contribution in [0.15, 0.2) is 41.0 Å². The van der Waals surface area contributed by atoms with Crippen LogP contribution < -0.4 is 5.32 Å². The zero-order chi connectivity index (χ0) is 11.4. The number of hydrogen-bond acceptors (Lipinski definition) is 2. The van der Waals surface area contributed by atoms with Gasteiger partial charge in [-0.15, -0.1) is 0 Å². The van der Waals surface area contributed by atoms with Crippen molar-refractivity contribution in [3.8, 4) is 0 Å². The minimum Gasteiger partial charge on any atom is -0.468 e. The number of aryl methyl sites for hydroxylation is 2. The van der Waals surface area contributed by atoms with Crippen molar-refractivity contribution in [3.63, 3.8) is 0 Å². The topological polar surface area (TPSA) is 25.2 Å². The Morgan fingerprint density at radius 2 is 2.00 bits per heavy atom. The van der Waals surface area contributed by atoms with Crippen LogP contribution in [-0.2, 0) is 13.1 Å². The number of hydrogen-bond donors (Lipinski definition) is 1. The van der Waals surface area contributed by atoms with E-state index < -0.39 is 0 Å². The zero-order valence-electron chi connectivity index (χ0n) is 9.79. The summed E-state index contributed by atoms with van der Waals surface area (Å²) in [5.41, 5.74) is 4.00. The Labute approximate surface area is 96.3 Å². The molecule has 0 aliphatic heterocycles. The van der Waals surface area contributed by atoms with Crippen molar-refractivity contribution >= 4 is 0 Å². The van der Waals surface area contributed by atoms with Gasteiger partial charge in [-0.05, 0) is 37.1 Å². The fourth-order valence-electron chi connectivity index (χ4n) is 1.78. The number of benzene rings is 1. The van der Waals surface area contributed by atoms with E-state index in [-0.39, 0.29) is 0 Å². The molecule has 0 amide bonds. The summed E-state index contributed by atoms with van der Waals surface area (Å²) in [6, 6.07) is 10.4. The molecule has 0 aliphatic carbocycles. The van der Waals surface area contributed by atoms with E-state index in [1.807, 2.05) is 12.1 Å². The minimum absolute atomic E-state index is 0.778. The molecule has 0 fully saturated rings. The highest BCUT2D eigenvalue weighted by Crippen LogP contribution is 2.10. The lowest BCUT2D eigenvalue weighted by Gasteiger charge is -2.07. The Morgan fingerprint density at radius 3 is 2.69 bits per heavy atom. The highest BCUT2D eigenvalue weighted by atomic mass is 16.3. The van der Waals surface area contributed by atoms with Crippen LogP contribution in [0.25, 0.3) is 0 Å². The van der Waals surface area contributed by atoms with Crippen LogP contribution in [0, 0.1) is 13.8 Å². The monoisotopic (exact) mass is 215 g/mol. The molecule has 0 aliphatic rings. The van der Waals surface area contributed by atoms with Crippen LogP contribution in [0.5, 0.6) is 0 Å². The third-order valence-corrected chi connectivity index (χ3v) is 2.69. The quantitative estimate of drug-likeness (QED) is 0.847. The molecular weight excluding hydrogens is 198 g/mol. The van der Waals surface area contributed by atoms with Crippen molar-refractivity contribution in [1.29, 1.82) is 0 Å². The lowest BCUT2D eigenvalue weighted by Crippen LogP contribution is -2.13. The summed E-state index contributed by atoms with van der Waals surface area (Å²) < 4.78 is 5.26. The van der Waals surface area contributed by atoms with Crippen LogP contribution in [0.1, 0.15) is 22.5 Å². The second kappa shape index (κ2) is 4.99. The molecule has 0 spiro atoms. The van der Waals surface area contributed by atoms with Gasteiger partial charge in [0, 0.05) is 6.54 Å². The average molecular weight is 215 g/mol. The van der Waals surface area contributed by atoms with Crippen LogP contribution in [0.2, 0.25) is 0 Å². The van der Waals surface area contributed by atoms with Crippen molar-refractivity contribution in [2.75, 3.05) is 0 Å². The number of nitrogens with one attached hydrogen (secondary N) is 1. The van der Waals surface area contributed by atoms with Gasteiger partial charge in [0.25, 0.3) is 0 Å². The molecule has 2 heteroatoms. The maximum atomic E-state index is 5.26. The van der Waals surface area contributed by atoms with Crippen LogP contribution in [0.4, 0.5) is 0 Å². The maximum Gasteiger partial charge on any atom is 0.117 e. The standard InChI is InChI=1S/C14H17NO/c1-11-5-6-13(12(2)8-11)9-15-10-14-4-3-7-16-14/h3-8,15H,9-10H2,1-2H3. The first-order chi connectivity index (χ1) is 7.75. The molecule has 0 radical (unpaired) electrons. The van der Waals surface area contributed by atoms with Gasteiger partial charge in [-0.2, -0.15) is 0 Å². The van der Waals surface area contributed by atoms with Crippen molar-refractivity contribution in [3.05, 3.63) is 59.0 Å².